The summed E-state index contributed by atoms with van der Waals surface area (Å²) in [5.74, 6) is -2.12. The van der Waals surface area contributed by atoms with Crippen LogP contribution in [0.3, 0.4) is 0 Å². The number of aromatic hydroxyl groups is 1. The molecule has 2 N–H and O–H groups in total. The van der Waals surface area contributed by atoms with Crippen molar-refractivity contribution >= 4 is 57.9 Å². The number of benzene rings is 3. The maximum absolute atomic E-state index is 13.2. The molecule has 168 valence electrons. The van der Waals surface area contributed by atoms with Gasteiger partial charge in [0.2, 0.25) is 0 Å². The van der Waals surface area contributed by atoms with E-state index in [-0.39, 0.29) is 27.7 Å². The van der Waals surface area contributed by atoms with Gasteiger partial charge in [0.1, 0.15) is 17.3 Å². The molecule has 0 bridgehead atoms. The molecule has 0 aliphatic carbocycles. The highest BCUT2D eigenvalue weighted by Gasteiger charge is 2.47. The van der Waals surface area contributed by atoms with Gasteiger partial charge in [-0.15, -0.1) is 0 Å². The maximum Gasteiger partial charge on any atom is 0.300 e. The molecular weight excluding hydrogens is 489 g/mol. The largest absolute Gasteiger partial charge is 0.507 e. The van der Waals surface area contributed by atoms with Crippen LogP contribution in [0.1, 0.15) is 17.2 Å². The summed E-state index contributed by atoms with van der Waals surface area (Å²) in [7, 11) is 1.41. The number of ether oxygens (including phenoxy) is 1. The Morgan fingerprint density at radius 3 is 2.24 bits per heavy atom. The summed E-state index contributed by atoms with van der Waals surface area (Å²) in [5, 5.41) is 21.9. The third kappa shape index (κ3) is 4.13. The van der Waals surface area contributed by atoms with Gasteiger partial charge in [0, 0.05) is 15.7 Å². The van der Waals surface area contributed by atoms with Crippen LogP contribution in [-0.4, -0.2) is 29.0 Å². The van der Waals surface area contributed by atoms with E-state index < -0.39 is 23.5 Å². The number of hydrogen-bond acceptors (Lipinski definition) is 5. The lowest BCUT2D eigenvalue weighted by Crippen LogP contribution is -2.29. The van der Waals surface area contributed by atoms with Gasteiger partial charge >= 0.3 is 0 Å². The number of nitrogens with zero attached hydrogens (tertiary/aromatic N) is 1. The topological polar surface area (TPSA) is 87.1 Å². The van der Waals surface area contributed by atoms with Crippen molar-refractivity contribution in [3.63, 3.8) is 0 Å². The fourth-order valence-corrected chi connectivity index (χ4v) is 4.21. The van der Waals surface area contributed by atoms with Gasteiger partial charge in [-0.25, -0.2) is 0 Å². The van der Waals surface area contributed by atoms with Gasteiger partial charge in [0.05, 0.1) is 29.3 Å². The van der Waals surface area contributed by atoms with Crippen LogP contribution in [0, 0.1) is 0 Å². The van der Waals surface area contributed by atoms with Crippen molar-refractivity contribution < 1.29 is 24.5 Å². The molecule has 3 aromatic rings. The molecule has 0 aromatic heterocycles. The van der Waals surface area contributed by atoms with Crippen LogP contribution in [0.15, 0.2) is 66.2 Å². The van der Waals surface area contributed by atoms with E-state index in [0.717, 1.165) is 0 Å². The minimum Gasteiger partial charge on any atom is -0.507 e. The third-order valence-corrected chi connectivity index (χ3v) is 6.04. The van der Waals surface area contributed by atoms with Gasteiger partial charge in [0.15, 0.2) is 0 Å². The number of carbonyl (C=O) groups is 2. The number of aliphatic hydroxyl groups is 1. The second kappa shape index (κ2) is 8.98. The zero-order chi connectivity index (χ0) is 23.9. The van der Waals surface area contributed by atoms with Crippen LogP contribution in [0.2, 0.25) is 15.1 Å². The van der Waals surface area contributed by atoms with E-state index in [1.807, 2.05) is 0 Å². The average molecular weight is 505 g/mol. The van der Waals surface area contributed by atoms with Crippen LogP contribution in [0.25, 0.3) is 5.76 Å². The average Bonchev–Trinajstić information content (AvgIpc) is 3.06. The molecule has 1 unspecified atom stereocenters. The SMILES string of the molecule is COc1ccc(Cl)cc1/C(O)=C1\C(=O)C(=O)N(c2ccc(Cl)cc2)C1c1ccc(O)c(Cl)c1. The standard InChI is InChI=1S/C24H16Cl3NO5/c1-33-19-9-5-14(26)11-16(19)22(30)20-21(12-2-8-18(29)17(27)10-12)28(24(32)23(20)31)15-6-3-13(25)4-7-15/h2-11,21,29-30H,1H3/b22-20+. The molecule has 33 heavy (non-hydrogen) atoms. The summed E-state index contributed by atoms with van der Waals surface area (Å²) in [6.07, 6.45) is 0. The lowest BCUT2D eigenvalue weighted by molar-refractivity contribution is -0.132. The van der Waals surface area contributed by atoms with Crippen LogP contribution >= 0.6 is 34.8 Å². The number of Topliss-reactive ketones (excluding diaryl/α,β-unsaturated/α-hetero) is 1. The fourth-order valence-electron chi connectivity index (χ4n) is 3.72. The van der Waals surface area contributed by atoms with Gasteiger partial charge in [-0.3, -0.25) is 14.5 Å². The van der Waals surface area contributed by atoms with Crippen molar-refractivity contribution in [2.75, 3.05) is 12.0 Å². The van der Waals surface area contributed by atoms with Crippen LogP contribution < -0.4 is 9.64 Å². The minimum absolute atomic E-state index is 0.0227. The Balaban J connectivity index is 2.00. The highest BCUT2D eigenvalue weighted by molar-refractivity contribution is 6.52. The normalized spacial score (nSPS) is 17.5. The predicted molar refractivity (Wildman–Crippen MR) is 127 cm³/mol. The second-order valence-corrected chi connectivity index (χ2v) is 8.48. The number of anilines is 1. The number of rotatable bonds is 4. The fraction of sp³-hybridized carbons (Fsp3) is 0.0833. The molecule has 6 nitrogen and oxygen atoms in total. The van der Waals surface area contributed by atoms with Gasteiger partial charge in [-0.05, 0) is 60.2 Å². The highest BCUT2D eigenvalue weighted by Crippen LogP contribution is 2.44. The van der Waals surface area contributed by atoms with Crippen molar-refractivity contribution in [2.45, 2.75) is 6.04 Å². The van der Waals surface area contributed by atoms with Gasteiger partial charge in [-0.2, -0.15) is 0 Å². The number of phenols is 1. The summed E-state index contributed by atoms with van der Waals surface area (Å²) in [6.45, 7) is 0. The first-order valence-electron chi connectivity index (χ1n) is 9.61. The molecule has 1 saturated heterocycles. The molecule has 1 atom stereocenters. The zero-order valence-electron chi connectivity index (χ0n) is 17.1. The Kier molecular flexibility index (Phi) is 6.26. The lowest BCUT2D eigenvalue weighted by Gasteiger charge is -2.26. The van der Waals surface area contributed by atoms with Crippen molar-refractivity contribution in [1.82, 2.24) is 0 Å². The van der Waals surface area contributed by atoms with Crippen molar-refractivity contribution in [2.24, 2.45) is 0 Å². The first-order chi connectivity index (χ1) is 15.7. The molecule has 0 saturated carbocycles. The molecule has 1 aliphatic rings. The monoisotopic (exact) mass is 503 g/mol. The Morgan fingerprint density at radius 1 is 0.939 bits per heavy atom. The Morgan fingerprint density at radius 2 is 1.61 bits per heavy atom. The molecule has 1 aliphatic heterocycles. The first kappa shape index (κ1) is 23.0. The number of hydrogen-bond donors (Lipinski definition) is 2. The van der Waals surface area contributed by atoms with E-state index >= 15 is 0 Å². The summed E-state index contributed by atoms with van der Waals surface area (Å²) in [5.41, 5.74) is 0.744. The minimum atomic E-state index is -1.05. The summed E-state index contributed by atoms with van der Waals surface area (Å²) < 4.78 is 5.31. The molecule has 3 aromatic carbocycles. The maximum atomic E-state index is 13.2. The van der Waals surface area contributed by atoms with Gasteiger partial charge in [-0.1, -0.05) is 40.9 Å². The van der Waals surface area contributed by atoms with Crippen molar-refractivity contribution in [3.8, 4) is 11.5 Å². The predicted octanol–water partition coefficient (Wildman–Crippen LogP) is 5.99. The second-order valence-electron chi connectivity index (χ2n) is 7.20. The number of aliphatic hydroxyl groups excluding tert-OH is 1. The number of phenolic OH excluding ortho intramolecular Hbond substituents is 1. The van der Waals surface area contributed by atoms with E-state index in [1.54, 1.807) is 36.4 Å². The van der Waals surface area contributed by atoms with Crippen molar-refractivity contribution in [3.05, 3.63) is 92.4 Å². The number of ketones is 1. The molecular formula is C24H16Cl3NO5. The molecule has 1 heterocycles. The number of methoxy groups -OCH3 is 1. The molecule has 1 amide bonds. The van der Waals surface area contributed by atoms with Crippen LogP contribution in [0.4, 0.5) is 5.69 Å². The zero-order valence-corrected chi connectivity index (χ0v) is 19.3. The molecule has 0 radical (unpaired) electrons. The van der Waals surface area contributed by atoms with Gasteiger partial charge < -0.3 is 14.9 Å². The van der Waals surface area contributed by atoms with E-state index in [9.17, 15) is 19.8 Å². The van der Waals surface area contributed by atoms with Crippen LogP contribution in [-0.2, 0) is 9.59 Å². The van der Waals surface area contributed by atoms with Crippen LogP contribution in [0.5, 0.6) is 11.5 Å². The Bertz CT molecular complexity index is 1300. The summed E-state index contributed by atoms with van der Waals surface area (Å²) in [4.78, 5) is 27.6. The molecule has 0 spiro atoms. The number of halogens is 3. The Labute approximate surface area is 204 Å². The quantitative estimate of drug-likeness (QED) is 0.259. The summed E-state index contributed by atoms with van der Waals surface area (Å²) >= 11 is 18.2. The lowest BCUT2D eigenvalue weighted by atomic mass is 9.94. The first-order valence-corrected chi connectivity index (χ1v) is 10.7. The molecule has 9 heteroatoms. The molecule has 4 rings (SSSR count). The van der Waals surface area contributed by atoms with E-state index in [4.69, 9.17) is 39.5 Å². The van der Waals surface area contributed by atoms with Gasteiger partial charge in [0.25, 0.3) is 11.7 Å². The van der Waals surface area contributed by atoms with E-state index in [0.29, 0.717) is 21.3 Å². The third-order valence-electron chi connectivity index (χ3n) is 5.25. The smallest absolute Gasteiger partial charge is 0.300 e. The summed E-state index contributed by atoms with van der Waals surface area (Å²) in [6, 6.07) is 14.1. The molecule has 1 fully saturated rings. The number of carbonyl (C=O) groups excluding carboxylic acids is 2. The number of amides is 1. The van der Waals surface area contributed by atoms with E-state index in [2.05, 4.69) is 0 Å². The van der Waals surface area contributed by atoms with E-state index in [1.165, 1.54) is 36.3 Å². The Hall–Kier alpha value is -3.19. The van der Waals surface area contributed by atoms with Crippen molar-refractivity contribution in [1.29, 1.82) is 0 Å². The highest BCUT2D eigenvalue weighted by atomic mass is 35.5.